The topological polar surface area (TPSA) is 50.7 Å². The summed E-state index contributed by atoms with van der Waals surface area (Å²) >= 11 is 5.80. The summed E-state index contributed by atoms with van der Waals surface area (Å²) < 4.78 is 0. The van der Waals surface area contributed by atoms with Crippen LogP contribution < -0.4 is 5.32 Å². The van der Waals surface area contributed by atoms with Crippen LogP contribution >= 0.6 is 11.6 Å². The summed E-state index contributed by atoms with van der Waals surface area (Å²) in [6.07, 6.45) is 6.79. The molecule has 1 N–H and O–H groups in total. The number of aromatic nitrogens is 3. The molecule has 0 unspecified atom stereocenters. The largest absolute Gasteiger partial charge is 0.365 e. The molecule has 21 heavy (non-hydrogen) atoms. The molecule has 2 heterocycles. The van der Waals surface area contributed by atoms with Crippen LogP contribution in [0.4, 0.5) is 5.82 Å². The summed E-state index contributed by atoms with van der Waals surface area (Å²) in [4.78, 5) is 12.3. The molecule has 3 aromatic rings. The van der Waals surface area contributed by atoms with Crippen LogP contribution in [-0.4, -0.2) is 15.0 Å². The number of halogens is 1. The van der Waals surface area contributed by atoms with Gasteiger partial charge in [0.2, 0.25) is 0 Å². The van der Waals surface area contributed by atoms with Gasteiger partial charge in [-0.25, -0.2) is 4.98 Å². The minimum absolute atomic E-state index is 0.381. The van der Waals surface area contributed by atoms with Gasteiger partial charge >= 0.3 is 0 Å². The van der Waals surface area contributed by atoms with Crippen LogP contribution in [0.1, 0.15) is 5.56 Å². The van der Waals surface area contributed by atoms with Crippen LogP contribution in [0.15, 0.2) is 61.2 Å². The lowest BCUT2D eigenvalue weighted by molar-refractivity contribution is 1.09. The van der Waals surface area contributed by atoms with E-state index in [0.29, 0.717) is 17.5 Å². The monoisotopic (exact) mass is 296 g/mol. The minimum atomic E-state index is 0.381. The van der Waals surface area contributed by atoms with Crippen LogP contribution in [0.5, 0.6) is 0 Å². The molecule has 3 rings (SSSR count). The van der Waals surface area contributed by atoms with Gasteiger partial charge in [0.15, 0.2) is 0 Å². The summed E-state index contributed by atoms with van der Waals surface area (Å²) in [5.74, 6) is 0.666. The number of anilines is 1. The standard InChI is InChI=1S/C16H13ClN4/c17-15-10-19-11-16(21-15)20-8-12-3-5-13(6-4-12)14-2-1-7-18-9-14/h1-7,9-11H,8H2,(H,20,21). The Morgan fingerprint density at radius 2 is 1.76 bits per heavy atom. The van der Waals surface area contributed by atoms with Crippen LogP contribution in [0.25, 0.3) is 11.1 Å². The minimum Gasteiger partial charge on any atom is -0.365 e. The van der Waals surface area contributed by atoms with E-state index >= 15 is 0 Å². The van der Waals surface area contributed by atoms with Gasteiger partial charge < -0.3 is 5.32 Å². The Hall–Kier alpha value is -2.46. The average molecular weight is 297 g/mol. The lowest BCUT2D eigenvalue weighted by Gasteiger charge is -2.07. The predicted octanol–water partition coefficient (Wildman–Crippen LogP) is 3.80. The molecule has 0 bridgehead atoms. The van der Waals surface area contributed by atoms with E-state index in [1.807, 2.05) is 18.3 Å². The Morgan fingerprint density at radius 1 is 0.905 bits per heavy atom. The van der Waals surface area contributed by atoms with Crippen LogP contribution in [-0.2, 0) is 6.54 Å². The molecule has 0 amide bonds. The molecule has 0 aliphatic rings. The Morgan fingerprint density at radius 3 is 2.48 bits per heavy atom. The third kappa shape index (κ3) is 3.55. The van der Waals surface area contributed by atoms with Crippen molar-refractivity contribution in [2.75, 3.05) is 5.32 Å². The van der Waals surface area contributed by atoms with Crippen molar-refractivity contribution >= 4 is 17.4 Å². The summed E-state index contributed by atoms with van der Waals surface area (Å²) in [7, 11) is 0. The van der Waals surface area contributed by atoms with Crippen molar-refractivity contribution in [3.8, 4) is 11.1 Å². The normalized spacial score (nSPS) is 10.3. The van der Waals surface area contributed by atoms with Crippen molar-refractivity contribution in [3.05, 3.63) is 71.9 Å². The van der Waals surface area contributed by atoms with Crippen LogP contribution in [0.2, 0.25) is 5.15 Å². The van der Waals surface area contributed by atoms with Gasteiger partial charge in [0.05, 0.1) is 12.4 Å². The van der Waals surface area contributed by atoms with Gasteiger partial charge in [0.1, 0.15) is 11.0 Å². The first-order valence-corrected chi connectivity index (χ1v) is 6.90. The molecule has 0 aliphatic heterocycles. The zero-order chi connectivity index (χ0) is 14.5. The molecule has 5 heteroatoms. The predicted molar refractivity (Wildman–Crippen MR) is 84.0 cm³/mol. The smallest absolute Gasteiger partial charge is 0.149 e. The second kappa shape index (κ2) is 6.33. The van der Waals surface area contributed by atoms with E-state index in [4.69, 9.17) is 11.6 Å². The number of nitrogens with one attached hydrogen (secondary N) is 1. The van der Waals surface area contributed by atoms with Gasteiger partial charge in [-0.2, -0.15) is 0 Å². The van der Waals surface area contributed by atoms with Crippen molar-refractivity contribution in [1.82, 2.24) is 15.0 Å². The fourth-order valence-corrected chi connectivity index (χ4v) is 2.12. The molecule has 0 aliphatic carbocycles. The molecule has 0 atom stereocenters. The zero-order valence-electron chi connectivity index (χ0n) is 11.2. The highest BCUT2D eigenvalue weighted by molar-refractivity contribution is 6.29. The molecular weight excluding hydrogens is 284 g/mol. The van der Waals surface area contributed by atoms with Gasteiger partial charge in [-0.15, -0.1) is 0 Å². The Labute approximate surface area is 127 Å². The summed E-state index contributed by atoms with van der Waals surface area (Å²) in [5, 5.41) is 3.57. The average Bonchev–Trinajstić information content (AvgIpc) is 2.54. The van der Waals surface area contributed by atoms with Gasteiger partial charge in [0, 0.05) is 18.9 Å². The molecule has 4 nitrogen and oxygen atoms in total. The SMILES string of the molecule is Clc1cncc(NCc2ccc(-c3cccnc3)cc2)n1. The van der Waals surface area contributed by atoms with E-state index in [9.17, 15) is 0 Å². The van der Waals surface area contributed by atoms with Crippen molar-refractivity contribution in [3.63, 3.8) is 0 Å². The van der Waals surface area contributed by atoms with E-state index < -0.39 is 0 Å². The molecule has 104 valence electrons. The highest BCUT2D eigenvalue weighted by Crippen LogP contribution is 2.18. The van der Waals surface area contributed by atoms with Crippen molar-refractivity contribution < 1.29 is 0 Å². The summed E-state index contributed by atoms with van der Waals surface area (Å²) in [6, 6.07) is 12.3. The van der Waals surface area contributed by atoms with Crippen molar-refractivity contribution in [2.45, 2.75) is 6.54 Å². The fraction of sp³-hybridized carbons (Fsp3) is 0.0625. The van der Waals surface area contributed by atoms with Crippen LogP contribution in [0, 0.1) is 0 Å². The van der Waals surface area contributed by atoms with E-state index in [1.165, 1.54) is 6.20 Å². The number of nitrogens with zero attached hydrogens (tertiary/aromatic N) is 3. The maximum atomic E-state index is 5.80. The first-order chi connectivity index (χ1) is 10.3. The number of hydrogen-bond donors (Lipinski definition) is 1. The molecule has 0 radical (unpaired) electrons. The van der Waals surface area contributed by atoms with E-state index in [2.05, 4.69) is 44.5 Å². The molecule has 1 aromatic carbocycles. The quantitative estimate of drug-likeness (QED) is 0.795. The van der Waals surface area contributed by atoms with E-state index in [1.54, 1.807) is 12.4 Å². The summed E-state index contributed by atoms with van der Waals surface area (Å²) in [6.45, 7) is 0.669. The number of pyridine rings is 1. The Bertz CT molecular complexity index is 714. The highest BCUT2D eigenvalue weighted by Gasteiger charge is 1.99. The van der Waals surface area contributed by atoms with Gasteiger partial charge in [-0.1, -0.05) is 41.9 Å². The first-order valence-electron chi connectivity index (χ1n) is 6.52. The Balaban J connectivity index is 1.68. The molecule has 0 spiro atoms. The molecule has 2 aromatic heterocycles. The van der Waals surface area contributed by atoms with Crippen molar-refractivity contribution in [1.29, 1.82) is 0 Å². The van der Waals surface area contributed by atoms with Gasteiger partial charge in [-0.05, 0) is 22.8 Å². The van der Waals surface area contributed by atoms with Crippen LogP contribution in [0.3, 0.4) is 0 Å². The lowest BCUT2D eigenvalue weighted by atomic mass is 10.1. The van der Waals surface area contributed by atoms with E-state index in [-0.39, 0.29) is 0 Å². The number of benzene rings is 1. The maximum Gasteiger partial charge on any atom is 0.149 e. The zero-order valence-corrected chi connectivity index (χ0v) is 12.0. The first kappa shape index (κ1) is 13.5. The second-order valence-electron chi connectivity index (χ2n) is 4.52. The Kier molecular flexibility index (Phi) is 4.07. The highest BCUT2D eigenvalue weighted by atomic mass is 35.5. The maximum absolute atomic E-state index is 5.80. The van der Waals surface area contributed by atoms with Crippen molar-refractivity contribution in [2.24, 2.45) is 0 Å². The molecule has 0 saturated heterocycles. The van der Waals surface area contributed by atoms with Gasteiger partial charge in [-0.3, -0.25) is 9.97 Å². The third-order valence-electron chi connectivity index (χ3n) is 3.03. The summed E-state index contributed by atoms with van der Waals surface area (Å²) in [5.41, 5.74) is 3.41. The third-order valence-corrected chi connectivity index (χ3v) is 3.21. The van der Waals surface area contributed by atoms with E-state index in [0.717, 1.165) is 16.7 Å². The lowest BCUT2D eigenvalue weighted by Crippen LogP contribution is -2.01. The molecule has 0 saturated carbocycles. The fourth-order valence-electron chi connectivity index (χ4n) is 1.97. The second-order valence-corrected chi connectivity index (χ2v) is 4.91. The van der Waals surface area contributed by atoms with Gasteiger partial charge in [0.25, 0.3) is 0 Å². The molecule has 0 fully saturated rings. The molecular formula is C16H13ClN4. The number of hydrogen-bond acceptors (Lipinski definition) is 4. The number of rotatable bonds is 4.